The maximum absolute atomic E-state index is 11.5. The Bertz CT molecular complexity index is 508. The van der Waals surface area contributed by atoms with Crippen LogP contribution in [0.1, 0.15) is 49.0 Å². The highest BCUT2D eigenvalue weighted by atomic mass is 79.9. The second-order valence-corrected chi connectivity index (χ2v) is 7.09. The number of methoxy groups -OCH3 is 1. The summed E-state index contributed by atoms with van der Waals surface area (Å²) in [6.07, 6.45) is 3.79. The molecule has 1 aromatic carbocycles. The van der Waals surface area contributed by atoms with E-state index in [1.807, 2.05) is 18.2 Å². The molecule has 0 radical (unpaired) electrons. The third kappa shape index (κ3) is 4.07. The van der Waals surface area contributed by atoms with Crippen LogP contribution in [-0.2, 0) is 11.3 Å². The summed E-state index contributed by atoms with van der Waals surface area (Å²) in [5.74, 6) is -0.293. The van der Waals surface area contributed by atoms with Gasteiger partial charge in [-0.3, -0.25) is 4.90 Å². The Morgan fingerprint density at radius 2 is 2.05 bits per heavy atom. The van der Waals surface area contributed by atoms with E-state index in [2.05, 4.69) is 34.7 Å². The highest BCUT2D eigenvalue weighted by molar-refractivity contribution is 9.10. The minimum absolute atomic E-state index is 0.293. The molecule has 0 spiro atoms. The molecule has 0 atom stereocenters. The van der Waals surface area contributed by atoms with Crippen LogP contribution in [0, 0.1) is 5.41 Å². The van der Waals surface area contributed by atoms with Crippen molar-refractivity contribution in [3.8, 4) is 0 Å². The van der Waals surface area contributed by atoms with Gasteiger partial charge in [0, 0.05) is 11.0 Å². The van der Waals surface area contributed by atoms with Crippen molar-refractivity contribution in [2.75, 3.05) is 20.2 Å². The van der Waals surface area contributed by atoms with Crippen LogP contribution < -0.4 is 0 Å². The number of hydrogen-bond acceptors (Lipinski definition) is 3. The first-order valence-electron chi connectivity index (χ1n) is 7.56. The molecule has 0 unspecified atom stereocenters. The lowest BCUT2D eigenvalue weighted by Crippen LogP contribution is -2.38. The minimum Gasteiger partial charge on any atom is -0.465 e. The molecular formula is C17H24BrNO2. The van der Waals surface area contributed by atoms with Crippen molar-refractivity contribution in [2.24, 2.45) is 5.41 Å². The summed E-state index contributed by atoms with van der Waals surface area (Å²) in [4.78, 5) is 14.0. The molecule has 0 aliphatic carbocycles. The van der Waals surface area contributed by atoms with Gasteiger partial charge in [0.25, 0.3) is 0 Å². The standard InChI is InChI=1S/C17H24BrNO2/c1-4-17(2)7-9-19(10-8-17)12-14-6-5-13(11-15(14)18)16(20)21-3/h5-6,11H,4,7-10,12H2,1-3H3. The van der Waals surface area contributed by atoms with Gasteiger partial charge in [0.1, 0.15) is 0 Å². The van der Waals surface area contributed by atoms with Crippen LogP contribution in [0.3, 0.4) is 0 Å². The monoisotopic (exact) mass is 353 g/mol. The Balaban J connectivity index is 2.00. The molecule has 0 saturated carbocycles. The van der Waals surface area contributed by atoms with Crippen LogP contribution in [-0.4, -0.2) is 31.1 Å². The van der Waals surface area contributed by atoms with Crippen molar-refractivity contribution < 1.29 is 9.53 Å². The van der Waals surface area contributed by atoms with Gasteiger partial charge in [-0.1, -0.05) is 42.3 Å². The van der Waals surface area contributed by atoms with Crippen LogP contribution in [0.25, 0.3) is 0 Å². The molecule has 1 aromatic rings. The maximum atomic E-state index is 11.5. The molecule has 1 fully saturated rings. The van der Waals surface area contributed by atoms with Gasteiger partial charge in [0.15, 0.2) is 0 Å². The lowest BCUT2D eigenvalue weighted by molar-refractivity contribution is 0.0600. The van der Waals surface area contributed by atoms with Crippen molar-refractivity contribution in [3.63, 3.8) is 0 Å². The van der Waals surface area contributed by atoms with E-state index in [0.717, 1.165) is 24.1 Å². The number of carbonyl (C=O) groups excluding carboxylic acids is 1. The van der Waals surface area contributed by atoms with E-state index in [9.17, 15) is 4.79 Å². The summed E-state index contributed by atoms with van der Waals surface area (Å²) in [6.45, 7) is 7.91. The number of rotatable bonds is 4. The first-order valence-corrected chi connectivity index (χ1v) is 8.36. The fourth-order valence-electron chi connectivity index (χ4n) is 2.77. The van der Waals surface area contributed by atoms with Crippen LogP contribution in [0.2, 0.25) is 0 Å². The number of nitrogens with zero attached hydrogens (tertiary/aromatic N) is 1. The molecule has 1 saturated heterocycles. The van der Waals surface area contributed by atoms with Gasteiger partial charge in [0.05, 0.1) is 12.7 Å². The fraction of sp³-hybridized carbons (Fsp3) is 0.588. The SMILES string of the molecule is CCC1(C)CCN(Cc2ccc(C(=O)OC)cc2Br)CC1. The van der Waals surface area contributed by atoms with Crippen molar-refractivity contribution in [1.29, 1.82) is 0 Å². The molecule has 2 rings (SSSR count). The predicted molar refractivity (Wildman–Crippen MR) is 88.4 cm³/mol. The number of hydrogen-bond donors (Lipinski definition) is 0. The Kier molecular flexibility index (Phi) is 5.44. The average Bonchev–Trinajstić information content (AvgIpc) is 2.50. The Morgan fingerprint density at radius 3 is 2.57 bits per heavy atom. The van der Waals surface area contributed by atoms with Crippen molar-refractivity contribution >= 4 is 21.9 Å². The van der Waals surface area contributed by atoms with Gasteiger partial charge < -0.3 is 4.74 Å². The number of ether oxygens (including phenoxy) is 1. The zero-order chi connectivity index (χ0) is 15.5. The van der Waals surface area contributed by atoms with E-state index < -0.39 is 0 Å². The molecule has 3 nitrogen and oxygen atoms in total. The van der Waals surface area contributed by atoms with Gasteiger partial charge in [0.2, 0.25) is 0 Å². The van der Waals surface area contributed by atoms with Crippen LogP contribution in [0.4, 0.5) is 0 Å². The van der Waals surface area contributed by atoms with Crippen molar-refractivity contribution in [2.45, 2.75) is 39.7 Å². The van der Waals surface area contributed by atoms with Crippen LogP contribution in [0.15, 0.2) is 22.7 Å². The molecule has 0 amide bonds. The maximum Gasteiger partial charge on any atom is 0.337 e. The highest BCUT2D eigenvalue weighted by Crippen LogP contribution is 2.34. The zero-order valence-electron chi connectivity index (χ0n) is 13.1. The summed E-state index contributed by atoms with van der Waals surface area (Å²) < 4.78 is 5.73. The third-order valence-corrected chi connectivity index (χ3v) is 5.52. The van der Waals surface area contributed by atoms with Gasteiger partial charge in [-0.05, 0) is 49.0 Å². The number of esters is 1. The molecule has 0 aromatic heterocycles. The molecule has 0 bridgehead atoms. The van der Waals surface area contributed by atoms with Gasteiger partial charge >= 0.3 is 5.97 Å². The number of piperidine rings is 1. The van der Waals surface area contributed by atoms with E-state index in [-0.39, 0.29) is 5.97 Å². The molecule has 116 valence electrons. The fourth-order valence-corrected chi connectivity index (χ4v) is 3.27. The van der Waals surface area contributed by atoms with Gasteiger partial charge in [-0.15, -0.1) is 0 Å². The molecule has 1 heterocycles. The van der Waals surface area contributed by atoms with Gasteiger partial charge in [-0.25, -0.2) is 4.79 Å². The van der Waals surface area contributed by atoms with Crippen molar-refractivity contribution in [3.05, 3.63) is 33.8 Å². The summed E-state index contributed by atoms with van der Waals surface area (Å²) in [6, 6.07) is 5.71. The lowest BCUT2D eigenvalue weighted by Gasteiger charge is -2.39. The third-order valence-electron chi connectivity index (χ3n) is 4.78. The highest BCUT2D eigenvalue weighted by Gasteiger charge is 2.28. The Morgan fingerprint density at radius 1 is 1.38 bits per heavy atom. The number of carbonyl (C=O) groups is 1. The van der Waals surface area contributed by atoms with Crippen LogP contribution >= 0.6 is 15.9 Å². The quantitative estimate of drug-likeness (QED) is 0.757. The van der Waals surface area contributed by atoms with Crippen LogP contribution in [0.5, 0.6) is 0 Å². The molecule has 1 aliphatic heterocycles. The number of likely N-dealkylation sites (tertiary alicyclic amines) is 1. The Hall–Kier alpha value is -0.870. The second kappa shape index (κ2) is 6.93. The zero-order valence-corrected chi connectivity index (χ0v) is 14.7. The normalized spacial score (nSPS) is 18.5. The largest absolute Gasteiger partial charge is 0.465 e. The summed E-state index contributed by atoms with van der Waals surface area (Å²) >= 11 is 3.57. The molecule has 4 heteroatoms. The molecular weight excluding hydrogens is 330 g/mol. The topological polar surface area (TPSA) is 29.5 Å². The molecule has 1 aliphatic rings. The van der Waals surface area contributed by atoms with E-state index in [0.29, 0.717) is 11.0 Å². The molecule has 0 N–H and O–H groups in total. The van der Waals surface area contributed by atoms with E-state index in [1.165, 1.54) is 31.9 Å². The van der Waals surface area contributed by atoms with E-state index in [1.54, 1.807) is 0 Å². The predicted octanol–water partition coefficient (Wildman–Crippen LogP) is 4.25. The second-order valence-electron chi connectivity index (χ2n) is 6.24. The van der Waals surface area contributed by atoms with Crippen molar-refractivity contribution in [1.82, 2.24) is 4.90 Å². The summed E-state index contributed by atoms with van der Waals surface area (Å²) in [5, 5.41) is 0. The Labute approximate surface area is 135 Å². The summed E-state index contributed by atoms with van der Waals surface area (Å²) in [7, 11) is 1.41. The minimum atomic E-state index is -0.293. The number of halogens is 1. The van der Waals surface area contributed by atoms with Gasteiger partial charge in [-0.2, -0.15) is 0 Å². The first kappa shape index (κ1) is 16.5. The number of benzene rings is 1. The average molecular weight is 354 g/mol. The van der Waals surface area contributed by atoms with E-state index >= 15 is 0 Å². The lowest BCUT2D eigenvalue weighted by atomic mass is 9.78. The smallest absolute Gasteiger partial charge is 0.337 e. The summed E-state index contributed by atoms with van der Waals surface area (Å²) in [5.41, 5.74) is 2.33. The molecule has 21 heavy (non-hydrogen) atoms. The van der Waals surface area contributed by atoms with E-state index in [4.69, 9.17) is 4.74 Å². The first-order chi connectivity index (χ1) is 9.97.